The maximum absolute atomic E-state index is 10.2. The van der Waals surface area contributed by atoms with Crippen LogP contribution in [0.1, 0.15) is 84.0 Å². The minimum absolute atomic E-state index is 0.0492. The van der Waals surface area contributed by atoms with Crippen LogP contribution in [0.2, 0.25) is 0 Å². The number of unbranched alkanes of at least 4 members (excludes halogenated alkanes) is 2. The van der Waals surface area contributed by atoms with Gasteiger partial charge in [-0.15, -0.1) is 0 Å². The first-order chi connectivity index (χ1) is 16.7. The van der Waals surface area contributed by atoms with Gasteiger partial charge in [-0.05, 0) is 75.2 Å². The molecule has 8 atom stereocenters. The first-order valence-electron chi connectivity index (χ1n) is 13.9. The average molecular weight is 479 g/mol. The molecule has 4 aliphatic rings. The first kappa shape index (κ1) is 26.3. The lowest BCUT2D eigenvalue weighted by Crippen LogP contribution is -2.31. The van der Waals surface area contributed by atoms with Crippen LogP contribution in [-0.2, 0) is 18.9 Å². The Labute approximate surface area is 205 Å². The zero-order valence-corrected chi connectivity index (χ0v) is 21.0. The van der Waals surface area contributed by atoms with Gasteiger partial charge in [0.1, 0.15) is 0 Å². The number of allylic oxidation sites excluding steroid dienone is 1. The number of hydrogen-bond acceptors (Lipinski definition) is 6. The maximum Gasteiger partial charge on any atom is 0.158 e. The summed E-state index contributed by atoms with van der Waals surface area (Å²) in [5, 5.41) is 19.7. The summed E-state index contributed by atoms with van der Waals surface area (Å²) in [5.41, 5.74) is 0.981. The van der Waals surface area contributed by atoms with E-state index < -0.39 is 6.10 Å². The molecule has 2 aliphatic heterocycles. The van der Waals surface area contributed by atoms with E-state index >= 15 is 0 Å². The molecule has 0 radical (unpaired) electrons. The highest BCUT2D eigenvalue weighted by Gasteiger charge is 2.46. The van der Waals surface area contributed by atoms with E-state index in [0.29, 0.717) is 11.8 Å². The third-order valence-electron chi connectivity index (χ3n) is 8.03. The molecule has 3 fully saturated rings. The van der Waals surface area contributed by atoms with Gasteiger partial charge < -0.3 is 29.2 Å². The van der Waals surface area contributed by atoms with Crippen molar-refractivity contribution in [3.05, 3.63) is 23.8 Å². The standard InChI is InChI=1S/C28H46O6/c1-2-3-4-9-22(33-27-10-5-7-14-31-27)12-13-23-24-17-21(25(30)19-29)16-20(24)18-26(23)34-28-11-6-8-15-32-28/h12-13,17,20,22-30H,2-11,14-16,18-19H2,1H3/b13-12+/t20-,22-,23+,24-,25?,26+,27?,28?/m0/s1. The second-order valence-corrected chi connectivity index (χ2v) is 10.6. The number of aliphatic hydroxyl groups is 2. The van der Waals surface area contributed by atoms with Crippen LogP contribution >= 0.6 is 0 Å². The van der Waals surface area contributed by atoms with Gasteiger partial charge in [0.2, 0.25) is 0 Å². The molecule has 0 spiro atoms. The lowest BCUT2D eigenvalue weighted by atomic mass is 9.91. The van der Waals surface area contributed by atoms with Crippen molar-refractivity contribution in [3.63, 3.8) is 0 Å². The zero-order chi connectivity index (χ0) is 23.8. The molecule has 3 unspecified atom stereocenters. The summed E-state index contributed by atoms with van der Waals surface area (Å²) in [6.07, 6.45) is 18.9. The predicted octanol–water partition coefficient (Wildman–Crippen LogP) is 4.88. The van der Waals surface area contributed by atoms with Crippen LogP contribution in [0.25, 0.3) is 0 Å². The predicted molar refractivity (Wildman–Crippen MR) is 131 cm³/mol. The van der Waals surface area contributed by atoms with Crippen molar-refractivity contribution in [1.82, 2.24) is 0 Å². The Hall–Kier alpha value is -0.760. The summed E-state index contributed by atoms with van der Waals surface area (Å²) in [4.78, 5) is 0. The van der Waals surface area contributed by atoms with E-state index in [9.17, 15) is 10.2 Å². The summed E-state index contributed by atoms with van der Waals surface area (Å²) in [6.45, 7) is 3.60. The quantitative estimate of drug-likeness (QED) is 0.307. The Bertz CT molecular complexity index is 651. The lowest BCUT2D eigenvalue weighted by Gasteiger charge is -2.29. The van der Waals surface area contributed by atoms with E-state index in [0.717, 1.165) is 76.6 Å². The molecule has 0 aromatic rings. The molecule has 0 amide bonds. The SMILES string of the molecule is CCCCC[C@@H](/C=C/[C@@H]1[C@H]2C=C(C(O)CO)C[C@H]2C[C@H]1OC1CCCCO1)OC1CCCCO1. The van der Waals surface area contributed by atoms with Gasteiger partial charge in [-0.3, -0.25) is 0 Å². The Kier molecular flexibility index (Phi) is 10.5. The Morgan fingerprint density at radius 2 is 1.85 bits per heavy atom. The summed E-state index contributed by atoms with van der Waals surface area (Å²) in [6, 6.07) is 0. The van der Waals surface area contributed by atoms with Gasteiger partial charge in [-0.25, -0.2) is 0 Å². The minimum Gasteiger partial charge on any atom is -0.393 e. The molecule has 4 rings (SSSR count). The molecule has 0 aromatic heterocycles. The molecule has 2 aliphatic carbocycles. The summed E-state index contributed by atoms with van der Waals surface area (Å²) >= 11 is 0. The highest BCUT2D eigenvalue weighted by atomic mass is 16.7. The normalized spacial score (nSPS) is 35.9. The molecule has 6 nitrogen and oxygen atoms in total. The Morgan fingerprint density at radius 3 is 2.53 bits per heavy atom. The Balaban J connectivity index is 1.46. The molecule has 194 valence electrons. The van der Waals surface area contributed by atoms with Gasteiger partial charge in [-0.1, -0.05) is 44.4 Å². The lowest BCUT2D eigenvalue weighted by molar-refractivity contribution is -0.192. The molecule has 2 saturated heterocycles. The monoisotopic (exact) mass is 478 g/mol. The van der Waals surface area contributed by atoms with E-state index in [1.807, 2.05) is 0 Å². The second-order valence-electron chi connectivity index (χ2n) is 10.6. The fourth-order valence-corrected chi connectivity index (χ4v) is 6.11. The third kappa shape index (κ3) is 7.14. The van der Waals surface area contributed by atoms with Crippen molar-refractivity contribution < 1.29 is 29.2 Å². The first-order valence-corrected chi connectivity index (χ1v) is 13.9. The van der Waals surface area contributed by atoms with Gasteiger partial charge in [-0.2, -0.15) is 0 Å². The van der Waals surface area contributed by atoms with Crippen molar-refractivity contribution in [2.24, 2.45) is 17.8 Å². The number of hydrogen-bond donors (Lipinski definition) is 2. The van der Waals surface area contributed by atoms with E-state index in [4.69, 9.17) is 18.9 Å². The van der Waals surface area contributed by atoms with Crippen LogP contribution in [0.5, 0.6) is 0 Å². The smallest absolute Gasteiger partial charge is 0.158 e. The van der Waals surface area contributed by atoms with Crippen LogP contribution in [0.3, 0.4) is 0 Å². The minimum atomic E-state index is -0.746. The van der Waals surface area contributed by atoms with Crippen molar-refractivity contribution in [2.45, 2.75) is 115 Å². The fourth-order valence-electron chi connectivity index (χ4n) is 6.11. The summed E-state index contributed by atoms with van der Waals surface area (Å²) in [5.74, 6) is 0.993. The summed E-state index contributed by atoms with van der Waals surface area (Å²) in [7, 11) is 0. The van der Waals surface area contributed by atoms with Gasteiger partial charge in [0.15, 0.2) is 12.6 Å². The van der Waals surface area contributed by atoms with Crippen LogP contribution in [0, 0.1) is 17.8 Å². The molecular weight excluding hydrogens is 432 g/mol. The highest BCUT2D eigenvalue weighted by Crippen LogP contribution is 2.49. The van der Waals surface area contributed by atoms with E-state index in [2.05, 4.69) is 25.2 Å². The van der Waals surface area contributed by atoms with Crippen LogP contribution in [0.15, 0.2) is 23.8 Å². The van der Waals surface area contributed by atoms with Gasteiger partial charge in [0.25, 0.3) is 0 Å². The summed E-state index contributed by atoms with van der Waals surface area (Å²) < 4.78 is 24.7. The second kappa shape index (κ2) is 13.5. The molecular formula is C28H46O6. The van der Waals surface area contributed by atoms with Crippen molar-refractivity contribution in [1.29, 1.82) is 0 Å². The fraction of sp³-hybridized carbons (Fsp3) is 0.857. The van der Waals surface area contributed by atoms with Gasteiger partial charge >= 0.3 is 0 Å². The van der Waals surface area contributed by atoms with E-state index in [1.165, 1.54) is 19.3 Å². The average Bonchev–Trinajstić information content (AvgIpc) is 3.41. The topological polar surface area (TPSA) is 77.4 Å². The molecule has 6 heteroatoms. The maximum atomic E-state index is 10.2. The number of ether oxygens (including phenoxy) is 4. The molecule has 2 N–H and O–H groups in total. The van der Waals surface area contributed by atoms with Crippen molar-refractivity contribution >= 4 is 0 Å². The molecule has 34 heavy (non-hydrogen) atoms. The largest absolute Gasteiger partial charge is 0.393 e. The number of aliphatic hydroxyl groups excluding tert-OH is 2. The highest BCUT2D eigenvalue weighted by molar-refractivity contribution is 5.24. The number of fused-ring (bicyclic) bond motifs is 1. The number of rotatable bonds is 12. The van der Waals surface area contributed by atoms with Crippen molar-refractivity contribution in [3.8, 4) is 0 Å². The van der Waals surface area contributed by atoms with E-state index in [1.54, 1.807) is 0 Å². The van der Waals surface area contributed by atoms with Crippen LogP contribution in [-0.4, -0.2) is 60.9 Å². The third-order valence-corrected chi connectivity index (χ3v) is 8.03. The Morgan fingerprint density at radius 1 is 1.09 bits per heavy atom. The molecule has 0 aromatic carbocycles. The van der Waals surface area contributed by atoms with Crippen molar-refractivity contribution in [2.75, 3.05) is 19.8 Å². The molecule has 0 bridgehead atoms. The molecule has 1 saturated carbocycles. The van der Waals surface area contributed by atoms with Crippen LogP contribution in [0.4, 0.5) is 0 Å². The van der Waals surface area contributed by atoms with Crippen LogP contribution < -0.4 is 0 Å². The van der Waals surface area contributed by atoms with Gasteiger partial charge in [0, 0.05) is 19.1 Å². The van der Waals surface area contributed by atoms with Gasteiger partial charge in [0.05, 0.1) is 24.9 Å². The molecule has 2 heterocycles. The van der Waals surface area contributed by atoms with E-state index in [-0.39, 0.29) is 37.3 Å². The zero-order valence-electron chi connectivity index (χ0n) is 21.0.